The molecule has 7 heteroatoms. The summed E-state index contributed by atoms with van der Waals surface area (Å²) < 4.78 is 5.16. The van der Waals surface area contributed by atoms with Gasteiger partial charge in [-0.05, 0) is 6.92 Å². The molecule has 1 aromatic carbocycles. The zero-order chi connectivity index (χ0) is 15.9. The standard InChI is InChI=1S/C15H18N4O3/c1-10-13(18-15(21)17-9-8-16-11(2)20)14(19-22-10)12-6-4-3-5-7-12/h3-7H,8-9H2,1-2H3,(H,16,20)(H2,17,18,21). The Hall–Kier alpha value is -2.83. The molecule has 0 atom stereocenters. The number of carbonyl (C=O) groups excluding carboxylic acids is 2. The Morgan fingerprint density at radius 3 is 2.50 bits per heavy atom. The lowest BCUT2D eigenvalue weighted by molar-refractivity contribution is -0.118. The molecule has 0 aliphatic heterocycles. The van der Waals surface area contributed by atoms with Gasteiger partial charge in [-0.15, -0.1) is 0 Å². The molecule has 2 rings (SSSR count). The monoisotopic (exact) mass is 302 g/mol. The largest absolute Gasteiger partial charge is 0.359 e. The third kappa shape index (κ3) is 4.08. The highest BCUT2D eigenvalue weighted by Crippen LogP contribution is 2.29. The first-order valence-corrected chi connectivity index (χ1v) is 6.89. The molecule has 0 aliphatic rings. The molecule has 0 fully saturated rings. The van der Waals surface area contributed by atoms with Crippen LogP contribution in [-0.2, 0) is 4.79 Å². The average Bonchev–Trinajstić information content (AvgIpc) is 2.86. The number of aryl methyl sites for hydroxylation is 1. The van der Waals surface area contributed by atoms with Crippen molar-refractivity contribution in [2.45, 2.75) is 13.8 Å². The number of carbonyl (C=O) groups is 2. The fourth-order valence-corrected chi connectivity index (χ4v) is 1.88. The Labute approximate surface area is 128 Å². The molecule has 7 nitrogen and oxygen atoms in total. The summed E-state index contributed by atoms with van der Waals surface area (Å²) in [6.45, 7) is 3.85. The molecule has 0 saturated carbocycles. The number of nitrogens with zero attached hydrogens (tertiary/aromatic N) is 1. The summed E-state index contributed by atoms with van der Waals surface area (Å²) >= 11 is 0. The Morgan fingerprint density at radius 1 is 1.14 bits per heavy atom. The maximum absolute atomic E-state index is 11.9. The van der Waals surface area contributed by atoms with Crippen molar-refractivity contribution in [3.05, 3.63) is 36.1 Å². The van der Waals surface area contributed by atoms with Gasteiger partial charge < -0.3 is 20.5 Å². The topological polar surface area (TPSA) is 96.3 Å². The number of hydrogen-bond donors (Lipinski definition) is 3. The van der Waals surface area contributed by atoms with E-state index >= 15 is 0 Å². The number of rotatable bonds is 5. The Bertz CT molecular complexity index is 652. The zero-order valence-electron chi connectivity index (χ0n) is 12.5. The highest BCUT2D eigenvalue weighted by molar-refractivity contribution is 5.94. The van der Waals surface area contributed by atoms with Gasteiger partial charge in [-0.25, -0.2) is 4.79 Å². The molecule has 3 N–H and O–H groups in total. The Kier molecular flexibility index (Phi) is 5.13. The van der Waals surface area contributed by atoms with E-state index in [9.17, 15) is 9.59 Å². The van der Waals surface area contributed by atoms with Crippen LogP contribution in [0.4, 0.5) is 10.5 Å². The minimum absolute atomic E-state index is 0.136. The molecule has 0 bridgehead atoms. The van der Waals surface area contributed by atoms with Crippen LogP contribution in [0.3, 0.4) is 0 Å². The van der Waals surface area contributed by atoms with E-state index in [-0.39, 0.29) is 11.9 Å². The first-order chi connectivity index (χ1) is 10.6. The highest BCUT2D eigenvalue weighted by Gasteiger charge is 2.16. The molecular weight excluding hydrogens is 284 g/mol. The van der Waals surface area contributed by atoms with Gasteiger partial charge in [-0.2, -0.15) is 0 Å². The molecule has 1 heterocycles. The number of amides is 3. The predicted octanol–water partition coefficient (Wildman–Crippen LogP) is 1.91. The maximum Gasteiger partial charge on any atom is 0.319 e. The number of benzene rings is 1. The van der Waals surface area contributed by atoms with Gasteiger partial charge in [0.15, 0.2) is 5.76 Å². The lowest BCUT2D eigenvalue weighted by Crippen LogP contribution is -2.36. The quantitative estimate of drug-likeness (QED) is 0.735. The first-order valence-electron chi connectivity index (χ1n) is 6.89. The number of anilines is 1. The number of urea groups is 1. The van der Waals surface area contributed by atoms with Gasteiger partial charge in [0, 0.05) is 25.6 Å². The summed E-state index contributed by atoms with van der Waals surface area (Å²) in [5.41, 5.74) is 1.96. The zero-order valence-corrected chi connectivity index (χ0v) is 12.5. The van der Waals surface area contributed by atoms with Crippen molar-refractivity contribution in [3.8, 4) is 11.3 Å². The highest BCUT2D eigenvalue weighted by atomic mass is 16.5. The number of aromatic nitrogens is 1. The Balaban J connectivity index is 1.99. The summed E-state index contributed by atoms with van der Waals surface area (Å²) in [5, 5.41) is 12.0. The fourth-order valence-electron chi connectivity index (χ4n) is 1.88. The second-order valence-electron chi connectivity index (χ2n) is 4.69. The molecular formula is C15H18N4O3. The van der Waals surface area contributed by atoms with Crippen molar-refractivity contribution in [2.75, 3.05) is 18.4 Å². The van der Waals surface area contributed by atoms with Crippen molar-refractivity contribution >= 4 is 17.6 Å². The van der Waals surface area contributed by atoms with Crippen LogP contribution in [-0.4, -0.2) is 30.2 Å². The molecule has 0 unspecified atom stereocenters. The molecule has 2 aromatic rings. The predicted molar refractivity (Wildman–Crippen MR) is 82.4 cm³/mol. The van der Waals surface area contributed by atoms with Gasteiger partial charge in [0.1, 0.15) is 11.4 Å². The Morgan fingerprint density at radius 2 is 1.82 bits per heavy atom. The van der Waals surface area contributed by atoms with E-state index in [1.165, 1.54) is 6.92 Å². The van der Waals surface area contributed by atoms with Crippen molar-refractivity contribution in [3.63, 3.8) is 0 Å². The average molecular weight is 302 g/mol. The van der Waals surface area contributed by atoms with Crippen LogP contribution < -0.4 is 16.0 Å². The van der Waals surface area contributed by atoms with Gasteiger partial charge in [-0.3, -0.25) is 4.79 Å². The van der Waals surface area contributed by atoms with E-state index in [1.54, 1.807) is 6.92 Å². The number of nitrogens with one attached hydrogen (secondary N) is 3. The van der Waals surface area contributed by atoms with Crippen LogP contribution in [0.25, 0.3) is 11.3 Å². The minimum atomic E-state index is -0.381. The van der Waals surface area contributed by atoms with E-state index in [2.05, 4.69) is 21.1 Å². The van der Waals surface area contributed by atoms with Crippen LogP contribution in [0.5, 0.6) is 0 Å². The summed E-state index contributed by atoms with van der Waals surface area (Å²) in [6.07, 6.45) is 0. The summed E-state index contributed by atoms with van der Waals surface area (Å²) in [7, 11) is 0. The van der Waals surface area contributed by atoms with E-state index in [1.807, 2.05) is 30.3 Å². The second kappa shape index (κ2) is 7.26. The smallest absolute Gasteiger partial charge is 0.319 e. The maximum atomic E-state index is 11.9. The minimum Gasteiger partial charge on any atom is -0.359 e. The normalized spacial score (nSPS) is 10.1. The van der Waals surface area contributed by atoms with Crippen LogP contribution in [0, 0.1) is 6.92 Å². The van der Waals surface area contributed by atoms with Gasteiger partial charge >= 0.3 is 6.03 Å². The van der Waals surface area contributed by atoms with Crippen molar-refractivity contribution in [1.29, 1.82) is 0 Å². The molecule has 0 spiro atoms. The third-order valence-corrected chi connectivity index (χ3v) is 2.93. The van der Waals surface area contributed by atoms with E-state index in [0.717, 1.165) is 5.56 Å². The van der Waals surface area contributed by atoms with Crippen LogP contribution in [0.2, 0.25) is 0 Å². The molecule has 22 heavy (non-hydrogen) atoms. The summed E-state index contributed by atoms with van der Waals surface area (Å²) in [4.78, 5) is 22.6. The molecule has 3 amide bonds. The third-order valence-electron chi connectivity index (χ3n) is 2.93. The number of hydrogen-bond acceptors (Lipinski definition) is 4. The molecule has 0 radical (unpaired) electrons. The van der Waals surface area contributed by atoms with Crippen molar-refractivity contribution in [2.24, 2.45) is 0 Å². The van der Waals surface area contributed by atoms with Crippen molar-refractivity contribution in [1.82, 2.24) is 15.8 Å². The fraction of sp³-hybridized carbons (Fsp3) is 0.267. The van der Waals surface area contributed by atoms with Crippen LogP contribution in [0.1, 0.15) is 12.7 Å². The van der Waals surface area contributed by atoms with Gasteiger partial charge in [0.2, 0.25) is 5.91 Å². The summed E-state index contributed by atoms with van der Waals surface area (Å²) in [5.74, 6) is 0.388. The van der Waals surface area contributed by atoms with Gasteiger partial charge in [0.25, 0.3) is 0 Å². The lowest BCUT2D eigenvalue weighted by atomic mass is 10.1. The molecule has 116 valence electrons. The van der Waals surface area contributed by atoms with Crippen LogP contribution >= 0.6 is 0 Å². The SMILES string of the molecule is CC(=O)NCCNC(=O)Nc1c(-c2ccccc2)noc1C. The van der Waals surface area contributed by atoms with E-state index in [4.69, 9.17) is 4.52 Å². The molecule has 0 aliphatic carbocycles. The van der Waals surface area contributed by atoms with E-state index < -0.39 is 0 Å². The van der Waals surface area contributed by atoms with E-state index in [0.29, 0.717) is 30.2 Å². The lowest BCUT2D eigenvalue weighted by Gasteiger charge is -2.08. The molecule has 0 saturated heterocycles. The van der Waals surface area contributed by atoms with Gasteiger partial charge in [-0.1, -0.05) is 35.5 Å². The summed E-state index contributed by atoms with van der Waals surface area (Å²) in [6, 6.07) is 9.06. The van der Waals surface area contributed by atoms with Crippen molar-refractivity contribution < 1.29 is 14.1 Å². The first kappa shape index (κ1) is 15.6. The van der Waals surface area contributed by atoms with Gasteiger partial charge in [0.05, 0.1) is 0 Å². The van der Waals surface area contributed by atoms with Crippen LogP contribution in [0.15, 0.2) is 34.9 Å². The molecule has 1 aromatic heterocycles. The second-order valence-corrected chi connectivity index (χ2v) is 4.69.